The highest BCUT2D eigenvalue weighted by Gasteiger charge is 2.42. The summed E-state index contributed by atoms with van der Waals surface area (Å²) in [4.78, 5) is 13.1. The number of sulfonamides is 1. The Morgan fingerprint density at radius 3 is 2.50 bits per heavy atom. The van der Waals surface area contributed by atoms with Gasteiger partial charge in [0.2, 0.25) is 15.9 Å². The molecule has 9 heteroatoms. The molecular weight excluding hydrogens is 432 g/mol. The average Bonchev–Trinajstić information content (AvgIpc) is 2.82. The lowest BCUT2D eigenvalue weighted by Gasteiger charge is -2.38. The van der Waals surface area contributed by atoms with Gasteiger partial charge in [-0.1, -0.05) is 12.1 Å². The number of methoxy groups -OCH3 is 3. The van der Waals surface area contributed by atoms with Crippen LogP contribution in [-0.4, -0.2) is 53.0 Å². The van der Waals surface area contributed by atoms with E-state index in [4.69, 9.17) is 14.2 Å². The maximum Gasteiger partial charge on any atom is 0.243 e. The predicted molar refractivity (Wildman–Crippen MR) is 120 cm³/mol. The minimum Gasteiger partial charge on any atom is -0.497 e. The van der Waals surface area contributed by atoms with E-state index in [1.165, 1.54) is 30.7 Å². The molecular formula is C23H30N2O6S. The Morgan fingerprint density at radius 2 is 1.81 bits per heavy atom. The first-order chi connectivity index (χ1) is 15.2. The second-order valence-corrected chi connectivity index (χ2v) is 9.99. The fourth-order valence-corrected chi connectivity index (χ4v) is 5.51. The maximum atomic E-state index is 13.3. The SMILES string of the molecule is COc1cccc(CNC(=O)[C@]2(C)CCCN(S(=O)(=O)c3ccc(OC)c(OC)c3)C2)c1. The van der Waals surface area contributed by atoms with Crippen LogP contribution in [0, 0.1) is 5.41 Å². The summed E-state index contributed by atoms with van der Waals surface area (Å²) in [6.07, 6.45) is 1.20. The van der Waals surface area contributed by atoms with E-state index in [0.29, 0.717) is 43.2 Å². The van der Waals surface area contributed by atoms with Crippen molar-refractivity contribution in [1.29, 1.82) is 0 Å². The van der Waals surface area contributed by atoms with Gasteiger partial charge in [-0.25, -0.2) is 8.42 Å². The van der Waals surface area contributed by atoms with Gasteiger partial charge in [-0.3, -0.25) is 4.79 Å². The van der Waals surface area contributed by atoms with Gasteiger partial charge in [0.1, 0.15) is 5.75 Å². The van der Waals surface area contributed by atoms with Crippen LogP contribution in [0.4, 0.5) is 0 Å². The van der Waals surface area contributed by atoms with Crippen LogP contribution in [0.2, 0.25) is 0 Å². The molecule has 1 aliphatic rings. The van der Waals surface area contributed by atoms with E-state index in [1.54, 1.807) is 13.2 Å². The van der Waals surface area contributed by atoms with Crippen molar-refractivity contribution in [1.82, 2.24) is 9.62 Å². The van der Waals surface area contributed by atoms with Crippen molar-refractivity contribution in [3.8, 4) is 17.2 Å². The summed E-state index contributed by atoms with van der Waals surface area (Å²) in [6.45, 7) is 2.61. The highest BCUT2D eigenvalue weighted by molar-refractivity contribution is 7.89. The number of carbonyl (C=O) groups excluding carboxylic acids is 1. The second kappa shape index (κ2) is 9.79. The third-order valence-electron chi connectivity index (χ3n) is 5.79. The van der Waals surface area contributed by atoms with E-state index in [0.717, 1.165) is 5.56 Å². The predicted octanol–water partition coefficient (Wildman–Crippen LogP) is 2.82. The molecule has 1 aliphatic heterocycles. The molecule has 0 saturated carbocycles. The van der Waals surface area contributed by atoms with Crippen molar-refractivity contribution in [2.24, 2.45) is 5.41 Å². The number of nitrogens with one attached hydrogen (secondary N) is 1. The molecule has 2 aromatic rings. The molecule has 1 N–H and O–H groups in total. The third-order valence-corrected chi connectivity index (χ3v) is 7.63. The third kappa shape index (κ3) is 4.99. The number of rotatable bonds is 8. The van der Waals surface area contributed by atoms with E-state index < -0.39 is 15.4 Å². The fourth-order valence-electron chi connectivity index (χ4n) is 3.89. The van der Waals surface area contributed by atoms with Gasteiger partial charge in [-0.2, -0.15) is 4.31 Å². The normalized spacial score (nSPS) is 19.2. The molecule has 0 radical (unpaired) electrons. The Hall–Kier alpha value is -2.78. The first-order valence-corrected chi connectivity index (χ1v) is 11.8. The van der Waals surface area contributed by atoms with Crippen LogP contribution in [-0.2, 0) is 21.4 Å². The van der Waals surface area contributed by atoms with E-state index in [-0.39, 0.29) is 17.3 Å². The zero-order valence-electron chi connectivity index (χ0n) is 18.9. The van der Waals surface area contributed by atoms with Gasteiger partial charge in [0, 0.05) is 25.7 Å². The largest absolute Gasteiger partial charge is 0.497 e. The smallest absolute Gasteiger partial charge is 0.243 e. The number of nitrogens with zero attached hydrogens (tertiary/aromatic N) is 1. The molecule has 32 heavy (non-hydrogen) atoms. The molecule has 2 aromatic carbocycles. The topological polar surface area (TPSA) is 94.2 Å². The molecule has 1 atom stereocenters. The van der Waals surface area contributed by atoms with Crippen molar-refractivity contribution in [2.45, 2.75) is 31.2 Å². The summed E-state index contributed by atoms with van der Waals surface area (Å²) in [5.74, 6) is 1.33. The first-order valence-electron chi connectivity index (χ1n) is 10.4. The van der Waals surface area contributed by atoms with E-state index in [9.17, 15) is 13.2 Å². The second-order valence-electron chi connectivity index (χ2n) is 8.05. The summed E-state index contributed by atoms with van der Waals surface area (Å²) in [7, 11) is 0.742. The Kier molecular flexibility index (Phi) is 7.30. The minimum absolute atomic E-state index is 0.105. The summed E-state index contributed by atoms with van der Waals surface area (Å²) < 4.78 is 43.6. The molecule has 0 bridgehead atoms. The summed E-state index contributed by atoms with van der Waals surface area (Å²) in [5.41, 5.74) is 0.0766. The first kappa shape index (κ1) is 23.9. The molecule has 3 rings (SSSR count). The highest BCUT2D eigenvalue weighted by atomic mass is 32.2. The summed E-state index contributed by atoms with van der Waals surface area (Å²) in [6, 6.07) is 12.0. The fraction of sp³-hybridized carbons (Fsp3) is 0.435. The molecule has 1 saturated heterocycles. The van der Waals surface area contributed by atoms with E-state index in [2.05, 4.69) is 5.32 Å². The molecule has 1 fully saturated rings. The van der Waals surface area contributed by atoms with Crippen molar-refractivity contribution in [2.75, 3.05) is 34.4 Å². The molecule has 1 heterocycles. The lowest BCUT2D eigenvalue weighted by Crippen LogP contribution is -2.51. The summed E-state index contributed by atoms with van der Waals surface area (Å²) >= 11 is 0. The molecule has 0 unspecified atom stereocenters. The molecule has 0 aliphatic carbocycles. The average molecular weight is 463 g/mol. The maximum absolute atomic E-state index is 13.3. The zero-order chi connectivity index (χ0) is 23.4. The lowest BCUT2D eigenvalue weighted by atomic mass is 9.82. The lowest BCUT2D eigenvalue weighted by molar-refractivity contribution is -0.132. The molecule has 0 spiro atoms. The van der Waals surface area contributed by atoms with Crippen LogP contribution in [0.15, 0.2) is 47.4 Å². The number of hydrogen-bond acceptors (Lipinski definition) is 6. The Labute approximate surface area is 189 Å². The summed E-state index contributed by atoms with van der Waals surface area (Å²) in [5, 5.41) is 2.95. The Balaban J connectivity index is 1.74. The number of ether oxygens (including phenoxy) is 3. The van der Waals surface area contributed by atoms with Crippen molar-refractivity contribution >= 4 is 15.9 Å². The van der Waals surface area contributed by atoms with Crippen LogP contribution >= 0.6 is 0 Å². The molecule has 0 aromatic heterocycles. The van der Waals surface area contributed by atoms with Gasteiger partial charge < -0.3 is 19.5 Å². The van der Waals surface area contributed by atoms with Gasteiger partial charge in [0.25, 0.3) is 0 Å². The zero-order valence-corrected chi connectivity index (χ0v) is 19.7. The van der Waals surface area contributed by atoms with Crippen LogP contribution < -0.4 is 19.5 Å². The monoisotopic (exact) mass is 462 g/mol. The quantitative estimate of drug-likeness (QED) is 0.648. The molecule has 1 amide bonds. The van der Waals surface area contributed by atoms with Crippen LogP contribution in [0.5, 0.6) is 17.2 Å². The van der Waals surface area contributed by atoms with Crippen molar-refractivity contribution in [3.05, 3.63) is 48.0 Å². The van der Waals surface area contributed by atoms with Crippen LogP contribution in [0.25, 0.3) is 0 Å². The highest BCUT2D eigenvalue weighted by Crippen LogP contribution is 2.35. The number of benzene rings is 2. The van der Waals surface area contributed by atoms with Crippen LogP contribution in [0.1, 0.15) is 25.3 Å². The van der Waals surface area contributed by atoms with Gasteiger partial charge in [0.15, 0.2) is 11.5 Å². The Bertz CT molecular complexity index is 1070. The Morgan fingerprint density at radius 1 is 1.06 bits per heavy atom. The van der Waals surface area contributed by atoms with E-state index in [1.807, 2.05) is 31.2 Å². The van der Waals surface area contributed by atoms with Gasteiger partial charge >= 0.3 is 0 Å². The number of carbonyl (C=O) groups is 1. The van der Waals surface area contributed by atoms with E-state index >= 15 is 0 Å². The van der Waals surface area contributed by atoms with Crippen LogP contribution in [0.3, 0.4) is 0 Å². The molecule has 8 nitrogen and oxygen atoms in total. The van der Waals surface area contributed by atoms with Gasteiger partial charge in [-0.05, 0) is 49.6 Å². The number of amides is 1. The van der Waals surface area contributed by atoms with Crippen molar-refractivity contribution < 1.29 is 27.4 Å². The van der Waals surface area contributed by atoms with Gasteiger partial charge in [0.05, 0.1) is 31.6 Å². The number of piperidine rings is 1. The van der Waals surface area contributed by atoms with Gasteiger partial charge in [-0.15, -0.1) is 0 Å². The molecule has 174 valence electrons. The standard InChI is InChI=1S/C23H30N2O6S/c1-23(22(26)24-15-17-7-5-8-18(13-17)29-2)11-6-12-25(16-23)32(27,28)19-9-10-20(30-3)21(14-19)31-4/h5,7-10,13-14H,6,11-12,15-16H2,1-4H3,(H,24,26)/t23-/m1/s1. The minimum atomic E-state index is -3.80. The number of hydrogen-bond donors (Lipinski definition) is 1. The van der Waals surface area contributed by atoms with Crippen molar-refractivity contribution in [3.63, 3.8) is 0 Å².